The van der Waals surface area contributed by atoms with Crippen LogP contribution in [0.1, 0.15) is 0 Å². The van der Waals surface area contributed by atoms with E-state index in [1.165, 1.54) is 6.66 Å². The summed E-state index contributed by atoms with van der Waals surface area (Å²) in [4.78, 5) is 8.73. The molecule has 0 rings (SSSR count). The molecule has 0 heterocycles. The molecule has 1 atom stereocenters. The summed E-state index contributed by atoms with van der Waals surface area (Å²) in [5, 5.41) is 0. The van der Waals surface area contributed by atoms with E-state index in [9.17, 15) is 4.57 Å². The van der Waals surface area contributed by atoms with Gasteiger partial charge in [-0.05, 0) is 0 Å². The van der Waals surface area contributed by atoms with Gasteiger partial charge in [0.25, 0.3) is 0 Å². The van der Waals surface area contributed by atoms with Gasteiger partial charge in [-0.1, -0.05) is 0 Å². The molecule has 0 aromatic heterocycles. The molecule has 56 valence electrons. The van der Waals surface area contributed by atoms with Gasteiger partial charge < -0.3 is 0 Å². The molecule has 0 saturated carbocycles. The van der Waals surface area contributed by atoms with Gasteiger partial charge in [-0.15, -0.1) is 0 Å². The van der Waals surface area contributed by atoms with Gasteiger partial charge in [0.15, 0.2) is 0 Å². The van der Waals surface area contributed by atoms with Crippen molar-refractivity contribution in [2.75, 3.05) is 6.66 Å². The van der Waals surface area contributed by atoms with Crippen molar-refractivity contribution >= 4 is 21.5 Å². The molecular weight excluding hydrogens is 202 g/mol. The Morgan fingerprint density at radius 2 is 1.78 bits per heavy atom. The number of hydrogen-bond donors (Lipinski definition) is 1. The van der Waals surface area contributed by atoms with Crippen molar-refractivity contribution in [1.29, 1.82) is 0 Å². The Bertz CT molecular complexity index is 133. The van der Waals surface area contributed by atoms with Gasteiger partial charge in [-0.3, -0.25) is 0 Å². The molecule has 0 spiro atoms. The molecule has 1 N–H and O–H groups in total. The van der Waals surface area contributed by atoms with E-state index in [4.69, 9.17) is 8.41 Å². The van der Waals surface area contributed by atoms with Crippen LogP contribution in [0.3, 0.4) is 0 Å². The quantitative estimate of drug-likeness (QED) is 0.562. The maximum atomic E-state index is 10.6. The van der Waals surface area contributed by atoms with E-state index < -0.39 is 21.5 Å². The van der Waals surface area contributed by atoms with Crippen LogP contribution in [-0.4, -0.2) is 25.5 Å². The fourth-order valence-electron chi connectivity index (χ4n) is 0.454. The fourth-order valence-corrected chi connectivity index (χ4v) is 7.08. The van der Waals surface area contributed by atoms with Gasteiger partial charge in [0, 0.05) is 0 Å². The second kappa shape index (κ2) is 2.75. The molecule has 0 fully saturated rings. The van der Waals surface area contributed by atoms with Crippen molar-refractivity contribution in [1.82, 2.24) is 0 Å². The molecule has 0 aliphatic rings. The first kappa shape index (κ1) is 9.71. The normalized spacial score (nSPS) is 19.2. The molecule has 5 heteroatoms. The van der Waals surface area contributed by atoms with Crippen molar-refractivity contribution in [3.05, 3.63) is 0 Å². The number of rotatable bonds is 2. The molecule has 0 aliphatic heterocycles. The van der Waals surface area contributed by atoms with E-state index in [0.717, 1.165) is 0 Å². The molecule has 0 amide bonds. The van der Waals surface area contributed by atoms with Gasteiger partial charge in [-0.25, -0.2) is 0 Å². The summed E-state index contributed by atoms with van der Waals surface area (Å²) in [6, 6.07) is 0. The predicted octanol–water partition coefficient (Wildman–Crippen LogP) is 1.65. The van der Waals surface area contributed by atoms with Crippen LogP contribution in [0.25, 0.3) is 0 Å². The van der Waals surface area contributed by atoms with E-state index in [1.807, 2.05) is 17.1 Å². The van der Waals surface area contributed by atoms with Crippen molar-refractivity contribution in [3.63, 3.8) is 0 Å². The molecule has 0 aliphatic carbocycles. The molecule has 0 aromatic carbocycles. The first-order valence-corrected chi connectivity index (χ1v) is 11.0. The van der Waals surface area contributed by atoms with Gasteiger partial charge in [0.05, 0.1) is 0 Å². The van der Waals surface area contributed by atoms with E-state index >= 15 is 0 Å². The molecule has 1 unspecified atom stereocenters. The summed E-state index contributed by atoms with van der Waals surface area (Å²) in [5.74, 6) is 0. The van der Waals surface area contributed by atoms with Crippen molar-refractivity contribution in [2.24, 2.45) is 0 Å². The van der Waals surface area contributed by atoms with Crippen LogP contribution in [0.5, 0.6) is 0 Å². The summed E-state index contributed by atoms with van der Waals surface area (Å²) in [5.41, 5.74) is 5.72. The topological polar surface area (TPSA) is 46.5 Å². The van der Waals surface area contributed by atoms with Crippen molar-refractivity contribution < 1.29 is 13.0 Å². The summed E-state index contributed by atoms with van der Waals surface area (Å²) >= 11 is -2.11. The average Bonchev–Trinajstić information content (AvgIpc) is 1.14. The minimum absolute atomic E-state index is 1.22. The Hall–Kier alpha value is 0.708. The Morgan fingerprint density at radius 1 is 1.44 bits per heavy atom. The van der Waals surface area contributed by atoms with Crippen LogP contribution in [-0.2, 0) is 8.08 Å². The summed E-state index contributed by atoms with van der Waals surface area (Å²) in [6.07, 6.45) is 0. The van der Waals surface area contributed by atoms with Crippen molar-refractivity contribution in [3.8, 4) is 0 Å². The summed E-state index contributed by atoms with van der Waals surface area (Å²) < 4.78 is 15.5. The first-order chi connectivity index (χ1) is 3.71. The average molecular weight is 215 g/mol. The molecule has 0 aromatic rings. The Labute approximate surface area is 58.8 Å². The molecular formula is C4H13AsO3P+. The second-order valence-electron chi connectivity index (χ2n) is 2.77. The first-order valence-electron chi connectivity index (χ1n) is 2.54. The summed E-state index contributed by atoms with van der Waals surface area (Å²) in [7, 11) is -3.21. The maximum absolute atomic E-state index is 10.6. The second-order valence-corrected chi connectivity index (χ2v) is 13.5. The molecule has 0 radical (unpaired) electrons. The standard InChI is InChI=1S/C4H12AsO3P/c1-5(2,3)8-9(4,6)7/h1-4H3/p+1. The fraction of sp³-hybridized carbons (Fsp3) is 1.00. The Balaban J connectivity index is 3.90. The van der Waals surface area contributed by atoms with Gasteiger partial charge in [0.1, 0.15) is 0 Å². The minimum atomic E-state index is -3.21. The molecule has 0 saturated heterocycles. The zero-order valence-corrected chi connectivity index (χ0v) is 8.93. The van der Waals surface area contributed by atoms with E-state index in [0.29, 0.717) is 0 Å². The zero-order valence-electron chi connectivity index (χ0n) is 6.16. The zero-order chi connectivity index (χ0) is 7.71. The van der Waals surface area contributed by atoms with E-state index in [1.54, 1.807) is 0 Å². The SMILES string of the molecule is CP(=O)(O)O[As+](C)(C)C. The van der Waals surface area contributed by atoms with Crippen LogP contribution in [0.2, 0.25) is 17.1 Å². The van der Waals surface area contributed by atoms with Crippen LogP contribution >= 0.6 is 7.60 Å². The van der Waals surface area contributed by atoms with E-state index in [2.05, 4.69) is 0 Å². The third-order valence-corrected chi connectivity index (χ3v) is 6.18. The monoisotopic (exact) mass is 215 g/mol. The van der Waals surface area contributed by atoms with Gasteiger partial charge in [-0.2, -0.15) is 0 Å². The van der Waals surface area contributed by atoms with Crippen LogP contribution in [0, 0.1) is 0 Å². The molecule has 0 bridgehead atoms. The Morgan fingerprint density at radius 3 is 1.78 bits per heavy atom. The summed E-state index contributed by atoms with van der Waals surface area (Å²) in [6.45, 7) is 1.22. The van der Waals surface area contributed by atoms with Crippen LogP contribution in [0.4, 0.5) is 0 Å². The third kappa shape index (κ3) is 8.71. The van der Waals surface area contributed by atoms with Crippen LogP contribution in [0.15, 0.2) is 0 Å². The molecule has 9 heavy (non-hydrogen) atoms. The van der Waals surface area contributed by atoms with Crippen LogP contribution < -0.4 is 0 Å². The van der Waals surface area contributed by atoms with Crippen molar-refractivity contribution in [2.45, 2.75) is 17.1 Å². The predicted molar refractivity (Wildman–Crippen MR) is 40.2 cm³/mol. The molecule has 3 nitrogen and oxygen atoms in total. The van der Waals surface area contributed by atoms with Gasteiger partial charge >= 0.3 is 58.3 Å². The third-order valence-electron chi connectivity index (χ3n) is 0.396. The van der Waals surface area contributed by atoms with E-state index in [-0.39, 0.29) is 0 Å². The van der Waals surface area contributed by atoms with Gasteiger partial charge in [0.2, 0.25) is 0 Å². The number of hydrogen-bond acceptors (Lipinski definition) is 2. The Kier molecular flexibility index (Phi) is 2.97.